The van der Waals surface area contributed by atoms with Gasteiger partial charge in [0.05, 0.1) is 17.7 Å². The van der Waals surface area contributed by atoms with Crippen LogP contribution in [0.2, 0.25) is 0 Å². The molecule has 1 N–H and O–H groups in total. The van der Waals surface area contributed by atoms with E-state index in [-0.39, 0.29) is 6.10 Å². The number of nitriles is 1. The van der Waals surface area contributed by atoms with E-state index in [4.69, 9.17) is 10.00 Å². The number of aliphatic hydroxyl groups is 1. The Kier molecular flexibility index (Phi) is 5.50. The summed E-state index contributed by atoms with van der Waals surface area (Å²) in [6, 6.07) is 9.80. The molecule has 3 rings (SSSR count). The molecule has 1 heterocycles. The summed E-state index contributed by atoms with van der Waals surface area (Å²) >= 11 is 0. The maximum absolute atomic E-state index is 10.0. The number of rotatable bonds is 5. The van der Waals surface area contributed by atoms with Gasteiger partial charge in [-0.3, -0.25) is 9.80 Å². The molecule has 0 spiro atoms. The zero-order valence-electron chi connectivity index (χ0n) is 13.5. The molecule has 5 heteroatoms. The monoisotopic (exact) mass is 315 g/mol. The molecule has 2 unspecified atom stereocenters. The fourth-order valence-electron chi connectivity index (χ4n) is 3.61. The van der Waals surface area contributed by atoms with E-state index in [1.54, 1.807) is 12.1 Å². The van der Waals surface area contributed by atoms with Crippen molar-refractivity contribution < 1.29 is 9.84 Å². The lowest BCUT2D eigenvalue weighted by molar-refractivity contribution is 0.0325. The molecule has 2 atom stereocenters. The molecular formula is C18H25N3O2. The first-order chi connectivity index (χ1) is 11.3. The van der Waals surface area contributed by atoms with Crippen LogP contribution in [0.15, 0.2) is 24.3 Å². The molecule has 1 saturated heterocycles. The number of piperazine rings is 1. The lowest BCUT2D eigenvalue weighted by atomic mass is 10.1. The highest BCUT2D eigenvalue weighted by molar-refractivity contribution is 5.36. The van der Waals surface area contributed by atoms with Crippen molar-refractivity contribution in [2.24, 2.45) is 0 Å². The Hall–Kier alpha value is -1.61. The highest BCUT2D eigenvalue weighted by Crippen LogP contribution is 2.25. The quantitative estimate of drug-likeness (QED) is 0.891. The molecule has 0 radical (unpaired) electrons. The second-order valence-corrected chi connectivity index (χ2v) is 6.43. The normalized spacial score (nSPS) is 26.1. The molecule has 0 aromatic heterocycles. The van der Waals surface area contributed by atoms with Gasteiger partial charge in [0, 0.05) is 38.8 Å². The SMILES string of the molecule is N#Cc1cccc(OCCN2CCN(C3CCCC3O)CC2)c1. The first kappa shape index (κ1) is 16.3. The van der Waals surface area contributed by atoms with E-state index in [1.807, 2.05) is 12.1 Å². The predicted octanol–water partition coefficient (Wildman–Crippen LogP) is 1.47. The largest absolute Gasteiger partial charge is 0.492 e. The van der Waals surface area contributed by atoms with Crippen LogP contribution in [0.25, 0.3) is 0 Å². The highest BCUT2D eigenvalue weighted by atomic mass is 16.5. The molecule has 1 aliphatic heterocycles. The van der Waals surface area contributed by atoms with E-state index < -0.39 is 0 Å². The van der Waals surface area contributed by atoms with E-state index in [1.165, 1.54) is 0 Å². The second kappa shape index (κ2) is 7.78. The van der Waals surface area contributed by atoms with Gasteiger partial charge in [0.1, 0.15) is 12.4 Å². The Balaban J connectivity index is 1.38. The molecule has 5 nitrogen and oxygen atoms in total. The Labute approximate surface area is 138 Å². The molecule has 1 aromatic carbocycles. The lowest BCUT2D eigenvalue weighted by Crippen LogP contribution is -2.52. The number of benzene rings is 1. The average molecular weight is 315 g/mol. The summed E-state index contributed by atoms with van der Waals surface area (Å²) in [6.07, 6.45) is 3.12. The van der Waals surface area contributed by atoms with Crippen LogP contribution in [0.4, 0.5) is 0 Å². The summed E-state index contributed by atoms with van der Waals surface area (Å²) in [4.78, 5) is 4.86. The van der Waals surface area contributed by atoms with Crippen molar-refractivity contribution in [3.05, 3.63) is 29.8 Å². The van der Waals surface area contributed by atoms with Gasteiger partial charge in [0.2, 0.25) is 0 Å². The van der Waals surface area contributed by atoms with Gasteiger partial charge in [-0.1, -0.05) is 6.07 Å². The molecule has 0 amide bonds. The average Bonchev–Trinajstić information content (AvgIpc) is 3.02. The Bertz CT molecular complexity index is 549. The first-order valence-corrected chi connectivity index (χ1v) is 8.54. The standard InChI is InChI=1S/C18H25N3O2/c19-14-15-3-1-4-16(13-15)23-12-11-20-7-9-21(10-8-20)17-5-2-6-18(17)22/h1,3-4,13,17-18,22H,2,5-12H2. The maximum Gasteiger partial charge on any atom is 0.120 e. The van der Waals surface area contributed by atoms with Crippen LogP contribution in [0.5, 0.6) is 5.75 Å². The zero-order valence-corrected chi connectivity index (χ0v) is 13.5. The Morgan fingerprint density at radius 2 is 2.04 bits per heavy atom. The van der Waals surface area contributed by atoms with Crippen molar-refractivity contribution in [2.75, 3.05) is 39.3 Å². The minimum atomic E-state index is -0.128. The molecule has 2 aliphatic rings. The Morgan fingerprint density at radius 3 is 2.74 bits per heavy atom. The van der Waals surface area contributed by atoms with Gasteiger partial charge in [-0.15, -0.1) is 0 Å². The molecular weight excluding hydrogens is 290 g/mol. The number of aliphatic hydroxyl groups excluding tert-OH is 1. The van der Waals surface area contributed by atoms with E-state index >= 15 is 0 Å². The summed E-state index contributed by atoms with van der Waals surface area (Å²) in [5.41, 5.74) is 0.631. The molecule has 1 aromatic rings. The van der Waals surface area contributed by atoms with Crippen molar-refractivity contribution in [2.45, 2.75) is 31.4 Å². The molecule has 0 bridgehead atoms. The third-order valence-corrected chi connectivity index (χ3v) is 4.96. The summed E-state index contributed by atoms with van der Waals surface area (Å²) in [5, 5.41) is 18.9. The molecule has 1 aliphatic carbocycles. The van der Waals surface area contributed by atoms with Gasteiger partial charge < -0.3 is 9.84 Å². The minimum absolute atomic E-state index is 0.128. The van der Waals surface area contributed by atoms with Crippen LogP contribution < -0.4 is 4.74 Å². The van der Waals surface area contributed by atoms with E-state index in [0.29, 0.717) is 18.2 Å². The third-order valence-electron chi connectivity index (χ3n) is 4.96. The van der Waals surface area contributed by atoms with Crippen LogP contribution in [-0.2, 0) is 0 Å². The van der Waals surface area contributed by atoms with E-state index in [2.05, 4.69) is 15.9 Å². The van der Waals surface area contributed by atoms with Crippen LogP contribution in [-0.4, -0.2) is 66.4 Å². The van der Waals surface area contributed by atoms with Crippen molar-refractivity contribution in [1.82, 2.24) is 9.80 Å². The van der Waals surface area contributed by atoms with E-state index in [9.17, 15) is 5.11 Å². The fraction of sp³-hybridized carbons (Fsp3) is 0.611. The minimum Gasteiger partial charge on any atom is -0.492 e. The number of nitrogens with zero attached hydrogens (tertiary/aromatic N) is 3. The van der Waals surface area contributed by atoms with Crippen LogP contribution in [0.3, 0.4) is 0 Å². The van der Waals surface area contributed by atoms with Crippen molar-refractivity contribution in [3.63, 3.8) is 0 Å². The zero-order chi connectivity index (χ0) is 16.1. The van der Waals surface area contributed by atoms with Crippen molar-refractivity contribution >= 4 is 0 Å². The number of hydrogen-bond donors (Lipinski definition) is 1. The number of hydrogen-bond acceptors (Lipinski definition) is 5. The van der Waals surface area contributed by atoms with Gasteiger partial charge in [-0.2, -0.15) is 5.26 Å². The molecule has 23 heavy (non-hydrogen) atoms. The van der Waals surface area contributed by atoms with Crippen molar-refractivity contribution in [1.29, 1.82) is 5.26 Å². The summed E-state index contributed by atoms with van der Waals surface area (Å²) in [6.45, 7) is 5.67. The third kappa shape index (κ3) is 4.23. The fourth-order valence-corrected chi connectivity index (χ4v) is 3.61. The van der Waals surface area contributed by atoms with Gasteiger partial charge >= 0.3 is 0 Å². The molecule has 124 valence electrons. The lowest BCUT2D eigenvalue weighted by Gasteiger charge is -2.39. The maximum atomic E-state index is 10.0. The van der Waals surface area contributed by atoms with Gasteiger partial charge in [-0.05, 0) is 37.5 Å². The second-order valence-electron chi connectivity index (χ2n) is 6.43. The van der Waals surface area contributed by atoms with E-state index in [0.717, 1.165) is 57.7 Å². The van der Waals surface area contributed by atoms with Crippen molar-refractivity contribution in [3.8, 4) is 11.8 Å². The van der Waals surface area contributed by atoms with Gasteiger partial charge in [-0.25, -0.2) is 0 Å². The van der Waals surface area contributed by atoms with Crippen LogP contribution >= 0.6 is 0 Å². The molecule has 2 fully saturated rings. The smallest absolute Gasteiger partial charge is 0.120 e. The first-order valence-electron chi connectivity index (χ1n) is 8.54. The predicted molar refractivity (Wildman–Crippen MR) is 88.3 cm³/mol. The molecule has 1 saturated carbocycles. The number of ether oxygens (including phenoxy) is 1. The van der Waals surface area contributed by atoms with Crippen LogP contribution in [0.1, 0.15) is 24.8 Å². The van der Waals surface area contributed by atoms with Gasteiger partial charge in [0.25, 0.3) is 0 Å². The van der Waals surface area contributed by atoms with Gasteiger partial charge in [0.15, 0.2) is 0 Å². The highest BCUT2D eigenvalue weighted by Gasteiger charge is 2.32. The summed E-state index contributed by atoms with van der Waals surface area (Å²) in [5.74, 6) is 0.761. The summed E-state index contributed by atoms with van der Waals surface area (Å²) in [7, 11) is 0. The Morgan fingerprint density at radius 1 is 1.22 bits per heavy atom. The summed E-state index contributed by atoms with van der Waals surface area (Å²) < 4.78 is 5.75. The topological polar surface area (TPSA) is 59.7 Å². The van der Waals surface area contributed by atoms with Crippen LogP contribution in [0, 0.1) is 11.3 Å².